The van der Waals surface area contributed by atoms with E-state index in [-0.39, 0.29) is 0 Å². The van der Waals surface area contributed by atoms with Crippen LogP contribution in [0.3, 0.4) is 0 Å². The standard InChI is InChI=1S/C16H16S/c1-12-9-10-17-16(12)11-14-7-4-6-13-5-2-3-8-15(13)14/h2-3,5,8-11H,4,6-7H2,1H3/b14-11+. The van der Waals surface area contributed by atoms with Gasteiger partial charge in [0.15, 0.2) is 0 Å². The molecule has 0 N–H and O–H groups in total. The first kappa shape index (κ1) is 10.8. The van der Waals surface area contributed by atoms with Crippen molar-refractivity contribution >= 4 is 23.0 Å². The van der Waals surface area contributed by atoms with Crippen molar-refractivity contribution < 1.29 is 0 Å². The molecule has 1 aliphatic rings. The van der Waals surface area contributed by atoms with E-state index in [1.165, 1.54) is 46.4 Å². The molecular weight excluding hydrogens is 224 g/mol. The Kier molecular flexibility index (Phi) is 2.86. The summed E-state index contributed by atoms with van der Waals surface area (Å²) in [5.41, 5.74) is 5.88. The van der Waals surface area contributed by atoms with Crippen molar-refractivity contribution in [1.29, 1.82) is 0 Å². The first-order valence-electron chi connectivity index (χ1n) is 6.17. The number of aryl methyl sites for hydroxylation is 2. The van der Waals surface area contributed by atoms with Gasteiger partial charge in [-0.15, -0.1) is 11.3 Å². The molecule has 0 unspecified atom stereocenters. The van der Waals surface area contributed by atoms with Gasteiger partial charge in [-0.25, -0.2) is 0 Å². The fourth-order valence-corrected chi connectivity index (χ4v) is 3.38. The number of benzene rings is 1. The molecule has 0 fully saturated rings. The van der Waals surface area contributed by atoms with Crippen molar-refractivity contribution in [1.82, 2.24) is 0 Å². The molecule has 0 spiro atoms. The van der Waals surface area contributed by atoms with Gasteiger partial charge in [0.2, 0.25) is 0 Å². The summed E-state index contributed by atoms with van der Waals surface area (Å²) in [6, 6.07) is 11.0. The Morgan fingerprint density at radius 1 is 1.12 bits per heavy atom. The molecule has 1 heterocycles. The Bertz CT molecular complexity index is 560. The molecular formula is C16H16S. The molecule has 1 heteroatoms. The predicted molar refractivity (Wildman–Crippen MR) is 76.3 cm³/mol. The third-order valence-electron chi connectivity index (χ3n) is 3.46. The molecule has 0 saturated carbocycles. The molecule has 0 aliphatic heterocycles. The molecule has 3 rings (SSSR count). The topological polar surface area (TPSA) is 0 Å². The first-order chi connectivity index (χ1) is 8.34. The van der Waals surface area contributed by atoms with Crippen molar-refractivity contribution in [2.45, 2.75) is 26.2 Å². The maximum absolute atomic E-state index is 2.39. The number of hydrogen-bond acceptors (Lipinski definition) is 1. The van der Waals surface area contributed by atoms with E-state index < -0.39 is 0 Å². The van der Waals surface area contributed by atoms with E-state index >= 15 is 0 Å². The molecule has 0 radical (unpaired) electrons. The lowest BCUT2D eigenvalue weighted by Gasteiger charge is -2.18. The van der Waals surface area contributed by atoms with Crippen molar-refractivity contribution in [3.63, 3.8) is 0 Å². The zero-order chi connectivity index (χ0) is 11.7. The van der Waals surface area contributed by atoms with E-state index in [4.69, 9.17) is 0 Å². The second kappa shape index (κ2) is 4.50. The second-order valence-corrected chi connectivity index (χ2v) is 5.60. The SMILES string of the molecule is Cc1ccsc1/C=C1\CCCc2ccccc21. The van der Waals surface area contributed by atoms with E-state index in [9.17, 15) is 0 Å². The van der Waals surface area contributed by atoms with Gasteiger partial charge >= 0.3 is 0 Å². The van der Waals surface area contributed by atoms with Crippen LogP contribution in [0.1, 0.15) is 34.4 Å². The van der Waals surface area contributed by atoms with Crippen LogP contribution in [0.4, 0.5) is 0 Å². The Morgan fingerprint density at radius 3 is 2.82 bits per heavy atom. The number of hydrogen-bond donors (Lipinski definition) is 0. The normalized spacial score (nSPS) is 17.1. The summed E-state index contributed by atoms with van der Waals surface area (Å²) in [5, 5.41) is 2.18. The van der Waals surface area contributed by atoms with Crippen molar-refractivity contribution in [2.24, 2.45) is 0 Å². The van der Waals surface area contributed by atoms with Gasteiger partial charge in [-0.2, -0.15) is 0 Å². The summed E-state index contributed by atoms with van der Waals surface area (Å²) in [6.07, 6.45) is 6.12. The first-order valence-corrected chi connectivity index (χ1v) is 7.05. The minimum absolute atomic E-state index is 1.22. The van der Waals surface area contributed by atoms with Crippen LogP contribution in [0.15, 0.2) is 35.7 Å². The van der Waals surface area contributed by atoms with Gasteiger partial charge in [-0.05, 0) is 66.0 Å². The highest BCUT2D eigenvalue weighted by molar-refractivity contribution is 7.11. The van der Waals surface area contributed by atoms with Crippen LogP contribution in [0.5, 0.6) is 0 Å². The van der Waals surface area contributed by atoms with Gasteiger partial charge < -0.3 is 0 Å². The van der Waals surface area contributed by atoms with E-state index in [2.05, 4.69) is 48.7 Å². The zero-order valence-electron chi connectivity index (χ0n) is 10.1. The average molecular weight is 240 g/mol. The molecule has 86 valence electrons. The van der Waals surface area contributed by atoms with Gasteiger partial charge in [-0.1, -0.05) is 24.3 Å². The molecule has 17 heavy (non-hydrogen) atoms. The lowest BCUT2D eigenvalue weighted by molar-refractivity contribution is 0.824. The summed E-state index contributed by atoms with van der Waals surface area (Å²) in [7, 11) is 0. The Morgan fingerprint density at radius 2 is 2.00 bits per heavy atom. The molecule has 1 aromatic carbocycles. The maximum atomic E-state index is 2.39. The Balaban J connectivity index is 2.06. The summed E-state index contributed by atoms with van der Waals surface area (Å²) in [5.74, 6) is 0. The van der Waals surface area contributed by atoms with Gasteiger partial charge in [-0.3, -0.25) is 0 Å². The van der Waals surface area contributed by atoms with E-state index in [0.717, 1.165) is 0 Å². The number of allylic oxidation sites excluding steroid dienone is 1. The van der Waals surface area contributed by atoms with Crippen LogP contribution < -0.4 is 0 Å². The largest absolute Gasteiger partial charge is 0.144 e. The lowest BCUT2D eigenvalue weighted by atomic mass is 9.87. The highest BCUT2D eigenvalue weighted by atomic mass is 32.1. The Labute approximate surface area is 107 Å². The molecule has 0 amide bonds. The highest BCUT2D eigenvalue weighted by Gasteiger charge is 2.13. The molecule has 2 aromatic rings. The van der Waals surface area contributed by atoms with Crippen molar-refractivity contribution in [3.8, 4) is 0 Å². The number of rotatable bonds is 1. The lowest BCUT2D eigenvalue weighted by Crippen LogP contribution is -2.00. The van der Waals surface area contributed by atoms with Gasteiger partial charge in [0.1, 0.15) is 0 Å². The smallest absolute Gasteiger partial charge is 0.0302 e. The minimum atomic E-state index is 1.22. The fourth-order valence-electron chi connectivity index (χ4n) is 2.50. The molecule has 1 aliphatic carbocycles. The maximum Gasteiger partial charge on any atom is 0.0302 e. The van der Waals surface area contributed by atoms with Crippen molar-refractivity contribution in [3.05, 3.63) is 57.3 Å². The van der Waals surface area contributed by atoms with Gasteiger partial charge in [0, 0.05) is 4.88 Å². The zero-order valence-corrected chi connectivity index (χ0v) is 10.9. The summed E-state index contributed by atoms with van der Waals surface area (Å²) < 4.78 is 0. The van der Waals surface area contributed by atoms with Crippen LogP contribution in [0, 0.1) is 6.92 Å². The van der Waals surface area contributed by atoms with E-state index in [1.54, 1.807) is 0 Å². The summed E-state index contributed by atoms with van der Waals surface area (Å²) in [6.45, 7) is 2.19. The number of thiophene rings is 1. The molecule has 0 bridgehead atoms. The minimum Gasteiger partial charge on any atom is -0.144 e. The second-order valence-electron chi connectivity index (χ2n) is 4.65. The quantitative estimate of drug-likeness (QED) is 0.662. The molecule has 0 atom stereocenters. The summed E-state index contributed by atoms with van der Waals surface area (Å²) >= 11 is 1.84. The van der Waals surface area contributed by atoms with Crippen LogP contribution in [-0.4, -0.2) is 0 Å². The molecule has 0 nitrogen and oxygen atoms in total. The third kappa shape index (κ3) is 2.07. The van der Waals surface area contributed by atoms with Gasteiger partial charge in [0.05, 0.1) is 0 Å². The Hall–Kier alpha value is -1.34. The molecule has 1 aromatic heterocycles. The highest BCUT2D eigenvalue weighted by Crippen LogP contribution is 2.33. The average Bonchev–Trinajstić information content (AvgIpc) is 2.76. The number of fused-ring (bicyclic) bond motifs is 1. The van der Waals surface area contributed by atoms with Crippen LogP contribution in [0.25, 0.3) is 11.6 Å². The fraction of sp³-hybridized carbons (Fsp3) is 0.250. The molecule has 0 saturated heterocycles. The van der Waals surface area contributed by atoms with Crippen LogP contribution in [-0.2, 0) is 6.42 Å². The van der Waals surface area contributed by atoms with Gasteiger partial charge in [0.25, 0.3) is 0 Å². The monoisotopic (exact) mass is 240 g/mol. The van der Waals surface area contributed by atoms with Crippen LogP contribution in [0.2, 0.25) is 0 Å². The van der Waals surface area contributed by atoms with E-state index in [0.29, 0.717) is 0 Å². The predicted octanol–water partition coefficient (Wildman–Crippen LogP) is 4.93. The third-order valence-corrected chi connectivity index (χ3v) is 4.43. The van der Waals surface area contributed by atoms with Crippen LogP contribution >= 0.6 is 11.3 Å². The van der Waals surface area contributed by atoms with E-state index in [1.807, 2.05) is 11.3 Å². The van der Waals surface area contributed by atoms with Crippen molar-refractivity contribution in [2.75, 3.05) is 0 Å². The summed E-state index contributed by atoms with van der Waals surface area (Å²) in [4.78, 5) is 1.41.